The predicted octanol–water partition coefficient (Wildman–Crippen LogP) is 4.91. The third kappa shape index (κ3) is 6.06. The third-order valence-electron chi connectivity index (χ3n) is 6.29. The lowest BCUT2D eigenvalue weighted by atomic mass is 9.98. The molecule has 0 saturated carbocycles. The summed E-state index contributed by atoms with van der Waals surface area (Å²) < 4.78 is 5.21. The van der Waals surface area contributed by atoms with Crippen LogP contribution in [0.4, 0.5) is 0 Å². The average molecular weight is 480 g/mol. The van der Waals surface area contributed by atoms with Gasteiger partial charge >= 0.3 is 0 Å². The van der Waals surface area contributed by atoms with Crippen molar-refractivity contribution in [3.63, 3.8) is 0 Å². The molecule has 6 nitrogen and oxygen atoms in total. The number of amides is 2. The number of aryl methyl sites for hydroxylation is 2. The van der Waals surface area contributed by atoms with Gasteiger partial charge in [-0.2, -0.15) is 0 Å². The van der Waals surface area contributed by atoms with E-state index < -0.39 is 6.04 Å². The van der Waals surface area contributed by atoms with Gasteiger partial charge in [0.25, 0.3) is 0 Å². The van der Waals surface area contributed by atoms with Crippen molar-refractivity contribution < 1.29 is 14.1 Å². The molecule has 2 heterocycles. The Hall–Kier alpha value is -3.12. The molecule has 1 N–H and O–H groups in total. The Kier molecular flexibility index (Phi) is 7.68. The van der Waals surface area contributed by atoms with Crippen molar-refractivity contribution in [2.24, 2.45) is 5.92 Å². The molecule has 0 bridgehead atoms. The van der Waals surface area contributed by atoms with E-state index in [9.17, 15) is 9.59 Å². The normalized spacial score (nSPS) is 18.6. The van der Waals surface area contributed by atoms with Gasteiger partial charge in [0.1, 0.15) is 11.8 Å². The van der Waals surface area contributed by atoms with Crippen LogP contribution in [0.1, 0.15) is 48.4 Å². The molecular weight excluding hydrogens is 450 g/mol. The molecule has 1 saturated heterocycles. The maximum Gasteiger partial charge on any atom is 0.243 e. The second-order valence-electron chi connectivity index (χ2n) is 9.15. The summed E-state index contributed by atoms with van der Waals surface area (Å²) in [6.07, 6.45) is 2.30. The fourth-order valence-electron chi connectivity index (χ4n) is 4.56. The Morgan fingerprint density at radius 1 is 1.18 bits per heavy atom. The predicted molar refractivity (Wildman–Crippen MR) is 131 cm³/mol. The molecule has 34 heavy (non-hydrogen) atoms. The number of aromatic nitrogens is 1. The van der Waals surface area contributed by atoms with E-state index in [-0.39, 0.29) is 30.2 Å². The van der Waals surface area contributed by atoms with Gasteiger partial charge in [0.2, 0.25) is 11.8 Å². The molecule has 178 valence electrons. The highest BCUT2D eigenvalue weighted by molar-refractivity contribution is 6.30. The maximum atomic E-state index is 13.5. The van der Waals surface area contributed by atoms with E-state index in [2.05, 4.69) is 29.5 Å². The van der Waals surface area contributed by atoms with Crippen LogP contribution in [0, 0.1) is 12.8 Å². The number of hydrogen-bond acceptors (Lipinski definition) is 4. The van der Waals surface area contributed by atoms with E-state index in [0.717, 1.165) is 24.1 Å². The molecule has 3 aromatic rings. The minimum absolute atomic E-state index is 0.103. The van der Waals surface area contributed by atoms with E-state index in [4.69, 9.17) is 16.1 Å². The van der Waals surface area contributed by atoms with Gasteiger partial charge in [0, 0.05) is 17.6 Å². The van der Waals surface area contributed by atoms with Crippen LogP contribution in [0.15, 0.2) is 65.2 Å². The molecule has 0 spiro atoms. The van der Waals surface area contributed by atoms with Crippen molar-refractivity contribution in [1.29, 1.82) is 0 Å². The summed E-state index contributed by atoms with van der Waals surface area (Å²) in [5.41, 5.74) is 2.94. The molecule has 1 aliphatic rings. The Labute approximate surface area is 205 Å². The van der Waals surface area contributed by atoms with Crippen molar-refractivity contribution in [2.45, 2.75) is 51.6 Å². The molecule has 0 radical (unpaired) electrons. The summed E-state index contributed by atoms with van der Waals surface area (Å²) in [6, 6.07) is 18.9. The highest BCUT2D eigenvalue weighted by atomic mass is 35.5. The molecule has 1 aromatic heterocycles. The standard InChI is InChI=1S/C27H30ClN3O3/c1-18-14-25(31(17-18)26(32)16-23-15-19(2)30-34-23)27(33)29-24(21-9-11-22(28)12-10-21)13-8-20-6-4-3-5-7-20/h3-7,9-12,15,18,24-25H,8,13-14,16-17H2,1-2H3,(H,29,33)/t18-,24+,25+/m1/s1. The van der Waals surface area contributed by atoms with Crippen LogP contribution in [0.3, 0.4) is 0 Å². The number of hydrogen-bond donors (Lipinski definition) is 1. The molecule has 3 atom stereocenters. The van der Waals surface area contributed by atoms with Crippen LogP contribution in [-0.4, -0.2) is 34.5 Å². The third-order valence-corrected chi connectivity index (χ3v) is 6.54. The lowest BCUT2D eigenvalue weighted by Gasteiger charge is -2.27. The van der Waals surface area contributed by atoms with Gasteiger partial charge < -0.3 is 14.7 Å². The molecule has 0 unspecified atom stereocenters. The minimum atomic E-state index is -0.502. The smallest absolute Gasteiger partial charge is 0.243 e. The fourth-order valence-corrected chi connectivity index (χ4v) is 4.69. The first-order valence-electron chi connectivity index (χ1n) is 11.7. The van der Waals surface area contributed by atoms with Crippen molar-refractivity contribution >= 4 is 23.4 Å². The molecule has 1 fully saturated rings. The van der Waals surface area contributed by atoms with E-state index in [0.29, 0.717) is 23.7 Å². The monoisotopic (exact) mass is 479 g/mol. The number of rotatable bonds is 8. The lowest BCUT2D eigenvalue weighted by molar-refractivity contribution is -0.138. The fraction of sp³-hybridized carbons (Fsp3) is 0.370. The van der Waals surface area contributed by atoms with Crippen LogP contribution in [0.25, 0.3) is 0 Å². The van der Waals surface area contributed by atoms with Crippen molar-refractivity contribution in [3.05, 3.63) is 88.3 Å². The van der Waals surface area contributed by atoms with Crippen molar-refractivity contribution in [3.8, 4) is 0 Å². The van der Waals surface area contributed by atoms with Crippen molar-refractivity contribution in [2.75, 3.05) is 6.54 Å². The van der Waals surface area contributed by atoms with Gasteiger partial charge in [0.15, 0.2) is 0 Å². The van der Waals surface area contributed by atoms with E-state index in [1.807, 2.05) is 49.4 Å². The molecular formula is C27H30ClN3O3. The van der Waals surface area contributed by atoms with Crippen LogP contribution in [0.5, 0.6) is 0 Å². The molecule has 4 rings (SSSR count). The number of nitrogens with one attached hydrogen (secondary N) is 1. The molecule has 2 amide bonds. The number of benzene rings is 2. The quantitative estimate of drug-likeness (QED) is 0.498. The van der Waals surface area contributed by atoms with Gasteiger partial charge in [-0.25, -0.2) is 0 Å². The second kappa shape index (κ2) is 10.9. The van der Waals surface area contributed by atoms with E-state index in [1.54, 1.807) is 11.0 Å². The van der Waals surface area contributed by atoms with Crippen LogP contribution >= 0.6 is 11.6 Å². The zero-order valence-electron chi connectivity index (χ0n) is 19.5. The highest BCUT2D eigenvalue weighted by Crippen LogP contribution is 2.27. The lowest BCUT2D eigenvalue weighted by Crippen LogP contribution is -2.47. The second-order valence-corrected chi connectivity index (χ2v) is 9.59. The average Bonchev–Trinajstić information content (AvgIpc) is 3.43. The van der Waals surface area contributed by atoms with Gasteiger partial charge in [-0.1, -0.05) is 66.1 Å². The summed E-state index contributed by atoms with van der Waals surface area (Å²) in [4.78, 5) is 28.2. The Balaban J connectivity index is 1.48. The summed E-state index contributed by atoms with van der Waals surface area (Å²) in [5, 5.41) is 7.74. The van der Waals surface area contributed by atoms with Gasteiger partial charge in [-0.15, -0.1) is 0 Å². The Morgan fingerprint density at radius 2 is 1.91 bits per heavy atom. The zero-order chi connectivity index (χ0) is 24.1. The van der Waals surface area contributed by atoms with E-state index in [1.165, 1.54) is 5.56 Å². The maximum absolute atomic E-state index is 13.5. The molecule has 2 aromatic carbocycles. The Bertz CT molecular complexity index is 1110. The Morgan fingerprint density at radius 3 is 2.59 bits per heavy atom. The highest BCUT2D eigenvalue weighted by Gasteiger charge is 2.38. The van der Waals surface area contributed by atoms with Crippen LogP contribution in [0.2, 0.25) is 5.02 Å². The zero-order valence-corrected chi connectivity index (χ0v) is 20.3. The summed E-state index contributed by atoms with van der Waals surface area (Å²) in [5.74, 6) is 0.519. The molecule has 7 heteroatoms. The minimum Gasteiger partial charge on any atom is -0.361 e. The number of nitrogens with zero attached hydrogens (tertiary/aromatic N) is 2. The largest absolute Gasteiger partial charge is 0.361 e. The molecule has 1 aliphatic heterocycles. The molecule has 0 aliphatic carbocycles. The van der Waals surface area contributed by atoms with Crippen LogP contribution in [-0.2, 0) is 22.4 Å². The number of halogens is 1. The summed E-state index contributed by atoms with van der Waals surface area (Å²) >= 11 is 6.09. The first kappa shape index (κ1) is 24.0. The number of carbonyl (C=O) groups is 2. The van der Waals surface area contributed by atoms with Crippen molar-refractivity contribution in [1.82, 2.24) is 15.4 Å². The van der Waals surface area contributed by atoms with E-state index >= 15 is 0 Å². The number of carbonyl (C=O) groups excluding carboxylic acids is 2. The van der Waals surface area contributed by atoms with Crippen LogP contribution < -0.4 is 5.32 Å². The SMILES string of the molecule is Cc1cc(CC(=O)N2C[C@H](C)C[C@H]2C(=O)N[C@@H](CCc2ccccc2)c2ccc(Cl)cc2)on1. The first-order valence-corrected chi connectivity index (χ1v) is 12.1. The van der Waals surface area contributed by atoms with Gasteiger partial charge in [-0.05, 0) is 55.4 Å². The van der Waals surface area contributed by atoms with Gasteiger partial charge in [0.05, 0.1) is 18.2 Å². The topological polar surface area (TPSA) is 75.4 Å². The number of likely N-dealkylation sites (tertiary alicyclic amines) is 1. The summed E-state index contributed by atoms with van der Waals surface area (Å²) in [6.45, 7) is 4.44. The first-order chi connectivity index (χ1) is 16.4. The summed E-state index contributed by atoms with van der Waals surface area (Å²) in [7, 11) is 0. The van der Waals surface area contributed by atoms with Gasteiger partial charge in [-0.3, -0.25) is 9.59 Å².